The van der Waals surface area contributed by atoms with E-state index in [9.17, 15) is 28.1 Å². The summed E-state index contributed by atoms with van der Waals surface area (Å²) in [4.78, 5) is 39.5. The van der Waals surface area contributed by atoms with Crippen molar-refractivity contribution >= 4 is 49.1 Å². The molecule has 3 aromatic carbocycles. The number of nitro groups is 1. The van der Waals surface area contributed by atoms with Gasteiger partial charge in [-0.15, -0.1) is 0 Å². The topological polar surface area (TPSA) is 130 Å². The summed E-state index contributed by atoms with van der Waals surface area (Å²) < 4.78 is 29.4. The summed E-state index contributed by atoms with van der Waals surface area (Å²) in [6.45, 7) is 1.01. The van der Waals surface area contributed by atoms with Gasteiger partial charge in [0.1, 0.15) is 12.6 Å². The van der Waals surface area contributed by atoms with Gasteiger partial charge in [-0.2, -0.15) is 0 Å². The number of nitro benzene ring substituents is 1. The fraction of sp³-hybridized carbons (Fsp3) is 0.333. The highest BCUT2D eigenvalue weighted by Crippen LogP contribution is 2.28. The summed E-state index contributed by atoms with van der Waals surface area (Å²) in [5, 5.41) is 14.6. The third-order valence-corrected chi connectivity index (χ3v) is 9.64. The Hall–Kier alpha value is -3.77. The molecule has 0 spiro atoms. The molecule has 12 heteroatoms. The molecule has 0 heterocycles. The largest absolute Gasteiger partial charge is 0.352 e. The number of sulfonamides is 1. The maximum Gasteiger partial charge on any atom is 0.271 e. The highest BCUT2D eigenvalue weighted by molar-refractivity contribution is 9.10. The Morgan fingerprint density at radius 1 is 1.00 bits per heavy atom. The first-order valence-electron chi connectivity index (χ1n) is 13.7. The molecule has 3 aromatic rings. The van der Waals surface area contributed by atoms with Crippen molar-refractivity contribution in [3.63, 3.8) is 0 Å². The molecule has 1 aliphatic carbocycles. The molecule has 1 saturated carbocycles. The highest BCUT2D eigenvalue weighted by Gasteiger charge is 2.33. The lowest BCUT2D eigenvalue weighted by molar-refractivity contribution is -0.384. The molecule has 1 fully saturated rings. The summed E-state index contributed by atoms with van der Waals surface area (Å²) >= 11 is 3.40. The van der Waals surface area contributed by atoms with Crippen molar-refractivity contribution in [2.24, 2.45) is 0 Å². The standard InChI is InChI=1S/C30H33BrN4O6S/c1-22(30(37)32-25-9-4-2-5-10-25)33(20-23-15-17-24(31)18-16-23)29(36)21-34(26-11-8-12-27(19-26)35(38)39)42(40,41)28-13-6-3-7-14-28/h3,6-8,11-19,22,25H,2,4-5,9-10,20-21H2,1H3,(H,32,37)/t22-/m1/s1. The molecule has 4 rings (SSSR count). The smallest absolute Gasteiger partial charge is 0.271 e. The molecule has 0 bridgehead atoms. The molecule has 2 amide bonds. The number of carbonyl (C=O) groups excluding carboxylic acids is 2. The zero-order chi connectivity index (χ0) is 30.3. The Kier molecular flexibility index (Phi) is 10.3. The molecule has 222 valence electrons. The quantitative estimate of drug-likeness (QED) is 0.217. The molecule has 42 heavy (non-hydrogen) atoms. The number of halogens is 1. The lowest BCUT2D eigenvalue weighted by Gasteiger charge is -2.33. The predicted octanol–water partition coefficient (Wildman–Crippen LogP) is 5.42. The van der Waals surface area contributed by atoms with Gasteiger partial charge < -0.3 is 10.2 Å². The summed E-state index contributed by atoms with van der Waals surface area (Å²) in [6, 6.07) is 19.1. The van der Waals surface area contributed by atoms with Gasteiger partial charge in [0.25, 0.3) is 15.7 Å². The van der Waals surface area contributed by atoms with Crippen molar-refractivity contribution in [1.82, 2.24) is 10.2 Å². The first kappa shape index (κ1) is 31.2. The fourth-order valence-electron chi connectivity index (χ4n) is 4.95. The molecule has 0 radical (unpaired) electrons. The lowest BCUT2D eigenvalue weighted by Crippen LogP contribution is -2.53. The van der Waals surface area contributed by atoms with Crippen molar-refractivity contribution in [3.05, 3.63) is 99.0 Å². The number of rotatable bonds is 11. The first-order chi connectivity index (χ1) is 20.1. The Bertz CT molecular complexity index is 1510. The van der Waals surface area contributed by atoms with Gasteiger partial charge in [-0.1, -0.05) is 71.6 Å². The molecule has 0 aromatic heterocycles. The van der Waals surface area contributed by atoms with Crippen LogP contribution in [0.1, 0.15) is 44.6 Å². The van der Waals surface area contributed by atoms with Crippen LogP contribution >= 0.6 is 15.9 Å². The number of non-ortho nitro benzene ring substituents is 1. The normalized spacial score (nSPS) is 14.5. The average molecular weight is 658 g/mol. The molecule has 1 aliphatic rings. The van der Waals surface area contributed by atoms with E-state index < -0.39 is 33.4 Å². The van der Waals surface area contributed by atoms with Crippen LogP contribution in [0.25, 0.3) is 0 Å². The molecule has 10 nitrogen and oxygen atoms in total. The second kappa shape index (κ2) is 13.9. The van der Waals surface area contributed by atoms with Crippen molar-refractivity contribution in [2.75, 3.05) is 10.8 Å². The van der Waals surface area contributed by atoms with E-state index in [0.717, 1.165) is 52.5 Å². The van der Waals surface area contributed by atoms with E-state index in [2.05, 4.69) is 21.2 Å². The monoisotopic (exact) mass is 656 g/mol. The SMILES string of the molecule is C[C@H](C(=O)NC1CCCCC1)N(Cc1ccc(Br)cc1)C(=O)CN(c1cccc([N+](=O)[O-])c1)S(=O)(=O)c1ccccc1. The molecular weight excluding hydrogens is 624 g/mol. The molecule has 0 saturated heterocycles. The van der Waals surface area contributed by atoms with E-state index >= 15 is 0 Å². The van der Waals surface area contributed by atoms with Gasteiger partial charge in [0.15, 0.2) is 0 Å². The minimum Gasteiger partial charge on any atom is -0.352 e. The van der Waals surface area contributed by atoms with E-state index in [1.165, 1.54) is 35.2 Å². The Morgan fingerprint density at radius 3 is 2.31 bits per heavy atom. The van der Waals surface area contributed by atoms with Crippen LogP contribution in [-0.2, 0) is 26.2 Å². The van der Waals surface area contributed by atoms with Gasteiger partial charge in [0.2, 0.25) is 11.8 Å². The van der Waals surface area contributed by atoms with Gasteiger partial charge in [-0.3, -0.25) is 24.0 Å². The van der Waals surface area contributed by atoms with Gasteiger partial charge in [0.05, 0.1) is 15.5 Å². The number of nitrogens with one attached hydrogen (secondary N) is 1. The lowest BCUT2D eigenvalue weighted by atomic mass is 9.95. The van der Waals surface area contributed by atoms with E-state index in [4.69, 9.17) is 0 Å². The third-order valence-electron chi connectivity index (χ3n) is 7.32. The number of nitrogens with zero attached hydrogens (tertiary/aromatic N) is 3. The van der Waals surface area contributed by atoms with Crippen LogP contribution < -0.4 is 9.62 Å². The molecule has 0 unspecified atom stereocenters. The van der Waals surface area contributed by atoms with E-state index in [1.54, 1.807) is 25.1 Å². The minimum absolute atomic E-state index is 0.0261. The Morgan fingerprint density at radius 2 is 1.67 bits per heavy atom. The van der Waals surface area contributed by atoms with Gasteiger partial charge >= 0.3 is 0 Å². The fourth-order valence-corrected chi connectivity index (χ4v) is 6.64. The second-order valence-electron chi connectivity index (χ2n) is 10.3. The Balaban J connectivity index is 1.69. The van der Waals surface area contributed by atoms with Crippen molar-refractivity contribution in [2.45, 2.75) is 62.6 Å². The van der Waals surface area contributed by atoms with Crippen LogP contribution in [0.15, 0.2) is 88.2 Å². The van der Waals surface area contributed by atoms with Gasteiger partial charge in [-0.05, 0) is 55.7 Å². The van der Waals surface area contributed by atoms with E-state index in [1.807, 2.05) is 24.3 Å². The van der Waals surface area contributed by atoms with Crippen molar-refractivity contribution in [1.29, 1.82) is 0 Å². The second-order valence-corrected chi connectivity index (χ2v) is 13.0. The van der Waals surface area contributed by atoms with Crippen LogP contribution in [0, 0.1) is 10.1 Å². The predicted molar refractivity (Wildman–Crippen MR) is 163 cm³/mol. The van der Waals surface area contributed by atoms with Crippen LogP contribution in [0.5, 0.6) is 0 Å². The summed E-state index contributed by atoms with van der Waals surface area (Å²) in [6.07, 6.45) is 4.91. The van der Waals surface area contributed by atoms with E-state index in [0.29, 0.717) is 0 Å². The van der Waals surface area contributed by atoms with Crippen LogP contribution in [-0.4, -0.2) is 48.7 Å². The van der Waals surface area contributed by atoms with Crippen LogP contribution in [0.2, 0.25) is 0 Å². The summed E-state index contributed by atoms with van der Waals surface area (Å²) in [7, 11) is -4.32. The maximum atomic E-state index is 14.0. The molecule has 1 atom stereocenters. The Labute approximate surface area is 254 Å². The number of hydrogen-bond acceptors (Lipinski definition) is 6. The zero-order valence-corrected chi connectivity index (χ0v) is 25.6. The molecular formula is C30H33BrN4O6S. The minimum atomic E-state index is -4.32. The number of hydrogen-bond donors (Lipinski definition) is 1. The maximum absolute atomic E-state index is 14.0. The van der Waals surface area contributed by atoms with Gasteiger partial charge in [0, 0.05) is 29.2 Å². The average Bonchev–Trinajstić information content (AvgIpc) is 3.00. The van der Waals surface area contributed by atoms with Crippen LogP contribution in [0.3, 0.4) is 0 Å². The number of benzene rings is 3. The molecule has 0 aliphatic heterocycles. The summed E-state index contributed by atoms with van der Waals surface area (Å²) in [5.41, 5.74) is 0.390. The van der Waals surface area contributed by atoms with Crippen LogP contribution in [0.4, 0.5) is 11.4 Å². The third kappa shape index (κ3) is 7.74. The van der Waals surface area contributed by atoms with Gasteiger partial charge in [-0.25, -0.2) is 8.42 Å². The van der Waals surface area contributed by atoms with Crippen molar-refractivity contribution in [3.8, 4) is 0 Å². The number of amides is 2. The number of carbonyl (C=O) groups is 2. The highest BCUT2D eigenvalue weighted by atomic mass is 79.9. The van der Waals surface area contributed by atoms with E-state index in [-0.39, 0.29) is 34.8 Å². The zero-order valence-electron chi connectivity index (χ0n) is 23.2. The molecule has 1 N–H and O–H groups in total. The van der Waals surface area contributed by atoms with Crippen molar-refractivity contribution < 1.29 is 22.9 Å². The number of anilines is 1. The first-order valence-corrected chi connectivity index (χ1v) is 16.0. The summed E-state index contributed by atoms with van der Waals surface area (Å²) in [5.74, 6) is -0.949.